The highest BCUT2D eigenvalue weighted by Gasteiger charge is 2.34. The molecule has 0 aliphatic heterocycles. The van der Waals surface area contributed by atoms with Crippen LogP contribution in [0.25, 0.3) is 0 Å². The van der Waals surface area contributed by atoms with Gasteiger partial charge in [-0.1, -0.05) is 0 Å². The van der Waals surface area contributed by atoms with Crippen LogP contribution in [0.1, 0.15) is 19.3 Å². The highest BCUT2D eigenvalue weighted by atomic mass is 19.1. The van der Waals surface area contributed by atoms with E-state index in [9.17, 15) is 14.0 Å². The molecule has 0 heterocycles. The lowest BCUT2D eigenvalue weighted by molar-refractivity contribution is -0.141. The largest absolute Gasteiger partial charge is 0.494 e. The number of hydrogen-bond donors (Lipinski definition) is 2. The summed E-state index contributed by atoms with van der Waals surface area (Å²) in [6.07, 6.45) is 1.27. The van der Waals surface area contributed by atoms with Crippen molar-refractivity contribution < 1.29 is 28.6 Å². The van der Waals surface area contributed by atoms with E-state index in [1.165, 1.54) is 20.3 Å². The van der Waals surface area contributed by atoms with E-state index >= 15 is 0 Å². The van der Waals surface area contributed by atoms with E-state index < -0.39 is 23.6 Å². The van der Waals surface area contributed by atoms with Gasteiger partial charge in [0, 0.05) is 18.1 Å². The van der Waals surface area contributed by atoms with Crippen LogP contribution in [0.15, 0.2) is 12.1 Å². The molecule has 0 aromatic heterocycles. The van der Waals surface area contributed by atoms with Gasteiger partial charge in [-0.3, -0.25) is 9.59 Å². The molecule has 2 N–H and O–H groups in total. The topological polar surface area (TPSA) is 84.9 Å². The Labute approximate surface area is 127 Å². The number of nitrogens with one attached hydrogen (secondary N) is 1. The number of amides is 1. The molecule has 1 saturated carbocycles. The number of carbonyl (C=O) groups is 2. The number of carbonyl (C=O) groups excluding carboxylic acids is 1. The van der Waals surface area contributed by atoms with Gasteiger partial charge in [-0.2, -0.15) is 0 Å². The van der Waals surface area contributed by atoms with Crippen molar-refractivity contribution in [3.05, 3.63) is 17.9 Å². The Bertz CT molecular complexity index is 590. The Morgan fingerprint density at radius 1 is 1.18 bits per heavy atom. The summed E-state index contributed by atoms with van der Waals surface area (Å²) in [5, 5.41) is 11.6. The van der Waals surface area contributed by atoms with Crippen LogP contribution in [0.4, 0.5) is 10.1 Å². The van der Waals surface area contributed by atoms with Crippen molar-refractivity contribution >= 4 is 17.6 Å². The van der Waals surface area contributed by atoms with Gasteiger partial charge in [-0.15, -0.1) is 0 Å². The van der Waals surface area contributed by atoms with Gasteiger partial charge >= 0.3 is 5.97 Å². The van der Waals surface area contributed by atoms with Gasteiger partial charge in [0.1, 0.15) is 5.75 Å². The third-order valence-corrected chi connectivity index (χ3v) is 3.88. The van der Waals surface area contributed by atoms with Gasteiger partial charge in [0.2, 0.25) is 5.91 Å². The third-order valence-electron chi connectivity index (χ3n) is 3.88. The molecule has 120 valence electrons. The number of methoxy groups -OCH3 is 2. The Morgan fingerprint density at radius 3 is 2.36 bits per heavy atom. The second-order valence-electron chi connectivity index (χ2n) is 5.22. The van der Waals surface area contributed by atoms with Crippen LogP contribution in [0, 0.1) is 17.7 Å². The van der Waals surface area contributed by atoms with Gasteiger partial charge in [-0.25, -0.2) is 4.39 Å². The van der Waals surface area contributed by atoms with Gasteiger partial charge in [0.25, 0.3) is 0 Å². The van der Waals surface area contributed by atoms with Crippen LogP contribution in [-0.4, -0.2) is 31.2 Å². The Kier molecular flexibility index (Phi) is 4.85. The van der Waals surface area contributed by atoms with E-state index in [0.717, 1.165) is 6.07 Å². The van der Waals surface area contributed by atoms with Crippen LogP contribution in [0.3, 0.4) is 0 Å². The number of halogens is 1. The molecule has 1 aliphatic rings. The number of rotatable bonds is 5. The minimum Gasteiger partial charge on any atom is -0.494 e. The highest BCUT2D eigenvalue weighted by Crippen LogP contribution is 2.35. The van der Waals surface area contributed by atoms with Crippen molar-refractivity contribution in [2.45, 2.75) is 19.3 Å². The second kappa shape index (κ2) is 6.64. The van der Waals surface area contributed by atoms with Gasteiger partial charge < -0.3 is 19.9 Å². The average Bonchev–Trinajstić information content (AvgIpc) is 2.97. The Hall–Kier alpha value is -2.31. The summed E-state index contributed by atoms with van der Waals surface area (Å²) in [4.78, 5) is 23.1. The fourth-order valence-electron chi connectivity index (χ4n) is 2.64. The SMILES string of the molecule is COc1cc(OC)c(NC(=O)[C@@H]2CC[C@H](C(=O)O)C2)cc1F. The number of carboxylic acids is 1. The van der Waals surface area contributed by atoms with Gasteiger partial charge in [0.15, 0.2) is 11.6 Å². The maximum absolute atomic E-state index is 13.8. The number of carboxylic acid groups (broad SMARTS) is 1. The molecule has 6 nitrogen and oxygen atoms in total. The number of anilines is 1. The van der Waals surface area contributed by atoms with Crippen molar-refractivity contribution in [1.29, 1.82) is 0 Å². The minimum atomic E-state index is -0.886. The molecule has 2 rings (SSSR count). The first-order valence-corrected chi connectivity index (χ1v) is 6.91. The molecule has 0 saturated heterocycles. The molecule has 0 spiro atoms. The summed E-state index contributed by atoms with van der Waals surface area (Å²) < 4.78 is 23.7. The molecular weight excluding hydrogens is 293 g/mol. The maximum Gasteiger partial charge on any atom is 0.306 e. The lowest BCUT2D eigenvalue weighted by Gasteiger charge is -2.15. The average molecular weight is 311 g/mol. The molecule has 1 aromatic rings. The molecule has 0 bridgehead atoms. The quantitative estimate of drug-likeness (QED) is 0.871. The lowest BCUT2D eigenvalue weighted by Crippen LogP contribution is -2.22. The van der Waals surface area contributed by atoms with Crippen molar-refractivity contribution in [1.82, 2.24) is 0 Å². The van der Waals surface area contributed by atoms with E-state index in [1.54, 1.807) is 0 Å². The van der Waals surface area contributed by atoms with Gasteiger partial charge in [-0.05, 0) is 19.3 Å². The molecular formula is C15H18FNO5. The highest BCUT2D eigenvalue weighted by molar-refractivity contribution is 5.94. The predicted octanol–water partition coefficient (Wildman–Crippen LogP) is 2.28. The van der Waals surface area contributed by atoms with E-state index in [1.807, 2.05) is 0 Å². The number of benzene rings is 1. The lowest BCUT2D eigenvalue weighted by atomic mass is 10.0. The number of hydrogen-bond acceptors (Lipinski definition) is 4. The summed E-state index contributed by atoms with van der Waals surface area (Å²) in [5.41, 5.74) is 0.199. The summed E-state index contributed by atoms with van der Waals surface area (Å²) >= 11 is 0. The summed E-state index contributed by atoms with van der Waals surface area (Å²) in [6, 6.07) is 2.47. The first-order chi connectivity index (χ1) is 10.5. The summed E-state index contributed by atoms with van der Waals surface area (Å²) in [7, 11) is 2.74. The molecule has 0 unspecified atom stereocenters. The van der Waals surface area contributed by atoms with Crippen LogP contribution in [-0.2, 0) is 9.59 Å². The molecule has 1 amide bonds. The zero-order valence-corrected chi connectivity index (χ0v) is 12.4. The third kappa shape index (κ3) is 3.29. The summed E-state index contributed by atoms with van der Waals surface area (Å²) in [6.45, 7) is 0. The van der Waals surface area contributed by atoms with Crippen LogP contribution in [0.5, 0.6) is 11.5 Å². The van der Waals surface area contributed by atoms with Crippen LogP contribution in [0.2, 0.25) is 0 Å². The zero-order valence-electron chi connectivity index (χ0n) is 12.4. The monoisotopic (exact) mass is 311 g/mol. The van der Waals surface area contributed by atoms with E-state index in [-0.39, 0.29) is 23.1 Å². The van der Waals surface area contributed by atoms with Crippen molar-refractivity contribution in [3.8, 4) is 11.5 Å². The number of ether oxygens (including phenoxy) is 2. The van der Waals surface area contributed by atoms with E-state index in [0.29, 0.717) is 19.3 Å². The first-order valence-electron chi connectivity index (χ1n) is 6.91. The second-order valence-corrected chi connectivity index (χ2v) is 5.22. The Morgan fingerprint density at radius 2 is 1.82 bits per heavy atom. The predicted molar refractivity (Wildman–Crippen MR) is 76.6 cm³/mol. The van der Waals surface area contributed by atoms with Crippen LogP contribution >= 0.6 is 0 Å². The number of aliphatic carboxylic acids is 1. The molecule has 22 heavy (non-hydrogen) atoms. The maximum atomic E-state index is 13.8. The zero-order chi connectivity index (χ0) is 16.3. The fraction of sp³-hybridized carbons (Fsp3) is 0.467. The van der Waals surface area contributed by atoms with Gasteiger partial charge in [0.05, 0.1) is 25.8 Å². The van der Waals surface area contributed by atoms with Crippen molar-refractivity contribution in [3.63, 3.8) is 0 Å². The smallest absolute Gasteiger partial charge is 0.306 e. The normalized spacial score (nSPS) is 20.5. The van der Waals surface area contributed by atoms with Crippen molar-refractivity contribution in [2.24, 2.45) is 11.8 Å². The van der Waals surface area contributed by atoms with E-state index in [2.05, 4.69) is 5.32 Å². The molecule has 1 fully saturated rings. The molecule has 2 atom stereocenters. The van der Waals surface area contributed by atoms with Crippen molar-refractivity contribution in [2.75, 3.05) is 19.5 Å². The Balaban J connectivity index is 2.12. The van der Waals surface area contributed by atoms with E-state index in [4.69, 9.17) is 14.6 Å². The first kappa shape index (κ1) is 16.1. The fourth-order valence-corrected chi connectivity index (χ4v) is 2.64. The minimum absolute atomic E-state index is 0.0154. The molecule has 0 radical (unpaired) electrons. The molecule has 7 heteroatoms. The summed E-state index contributed by atoms with van der Waals surface area (Å²) in [5.74, 6) is -2.43. The standard InChI is InChI=1S/C15H18FNO5/c1-21-12-7-13(22-2)11(6-10(12)16)17-14(18)8-3-4-9(5-8)15(19)20/h6-9H,3-5H2,1-2H3,(H,17,18)(H,19,20)/t8-,9+/m1/s1. The van der Waals surface area contributed by atoms with Crippen LogP contribution < -0.4 is 14.8 Å². The molecule has 1 aliphatic carbocycles. The molecule has 1 aromatic carbocycles.